The van der Waals surface area contributed by atoms with Crippen molar-refractivity contribution in [1.82, 2.24) is 4.98 Å². The van der Waals surface area contributed by atoms with Crippen molar-refractivity contribution in [3.05, 3.63) is 71.2 Å². The SMILES string of the molecule is O=C1C=CC(=Nc2cc(C(=O)O)nc(-c3ccc(Cl)cc3)c2F)C=C1. The zero-order valence-corrected chi connectivity index (χ0v) is 13.4. The van der Waals surface area contributed by atoms with E-state index in [2.05, 4.69) is 9.98 Å². The van der Waals surface area contributed by atoms with Gasteiger partial charge in [-0.25, -0.2) is 19.2 Å². The predicted molar refractivity (Wildman–Crippen MR) is 92.0 cm³/mol. The molecule has 0 unspecified atom stereocenters. The molecule has 1 aromatic heterocycles. The number of aliphatic imine (C=N–C) groups is 1. The third-order valence-electron chi connectivity index (χ3n) is 3.36. The average Bonchev–Trinajstić information content (AvgIpc) is 2.59. The van der Waals surface area contributed by atoms with Gasteiger partial charge in [0.2, 0.25) is 0 Å². The van der Waals surface area contributed by atoms with Gasteiger partial charge in [-0.2, -0.15) is 0 Å². The van der Waals surface area contributed by atoms with Crippen molar-refractivity contribution in [2.75, 3.05) is 0 Å². The van der Waals surface area contributed by atoms with E-state index in [4.69, 9.17) is 11.6 Å². The molecule has 124 valence electrons. The second-order valence-electron chi connectivity index (χ2n) is 5.11. The molecule has 5 nitrogen and oxygen atoms in total. The number of halogens is 2. The molecule has 0 radical (unpaired) electrons. The maximum absolute atomic E-state index is 14.8. The summed E-state index contributed by atoms with van der Waals surface area (Å²) >= 11 is 5.82. The molecule has 0 aliphatic heterocycles. The number of benzene rings is 1. The van der Waals surface area contributed by atoms with E-state index >= 15 is 0 Å². The van der Waals surface area contributed by atoms with Gasteiger partial charge >= 0.3 is 5.97 Å². The van der Waals surface area contributed by atoms with E-state index in [1.54, 1.807) is 12.1 Å². The van der Waals surface area contributed by atoms with Gasteiger partial charge in [-0.3, -0.25) is 4.79 Å². The minimum Gasteiger partial charge on any atom is -0.477 e. The van der Waals surface area contributed by atoms with E-state index in [-0.39, 0.29) is 22.9 Å². The van der Waals surface area contributed by atoms with Gasteiger partial charge in [0.15, 0.2) is 17.3 Å². The molecule has 25 heavy (non-hydrogen) atoms. The number of hydrogen-bond acceptors (Lipinski definition) is 4. The minimum absolute atomic E-state index is 0.143. The van der Waals surface area contributed by atoms with Gasteiger partial charge in [0.25, 0.3) is 0 Å². The summed E-state index contributed by atoms with van der Waals surface area (Å²) in [6.45, 7) is 0. The average molecular weight is 357 g/mol. The molecule has 0 fully saturated rings. The second-order valence-corrected chi connectivity index (χ2v) is 5.54. The molecule has 0 saturated carbocycles. The van der Waals surface area contributed by atoms with Crippen molar-refractivity contribution in [3.63, 3.8) is 0 Å². The van der Waals surface area contributed by atoms with Crippen LogP contribution in [0.25, 0.3) is 11.3 Å². The Morgan fingerprint density at radius 1 is 1.12 bits per heavy atom. The monoisotopic (exact) mass is 356 g/mol. The third kappa shape index (κ3) is 3.70. The highest BCUT2D eigenvalue weighted by Gasteiger charge is 2.18. The predicted octanol–water partition coefficient (Wildman–Crippen LogP) is 4.01. The van der Waals surface area contributed by atoms with E-state index in [1.807, 2.05) is 0 Å². The first-order valence-corrected chi connectivity index (χ1v) is 7.50. The molecule has 1 N–H and O–H groups in total. The lowest BCUT2D eigenvalue weighted by Crippen LogP contribution is -2.04. The smallest absolute Gasteiger partial charge is 0.354 e. The van der Waals surface area contributed by atoms with Crippen LogP contribution in [0.5, 0.6) is 0 Å². The van der Waals surface area contributed by atoms with Gasteiger partial charge in [-0.05, 0) is 36.4 Å². The number of carbonyl (C=O) groups is 2. The van der Waals surface area contributed by atoms with Gasteiger partial charge in [0.05, 0.1) is 5.71 Å². The molecule has 1 aromatic carbocycles. The first kappa shape index (κ1) is 16.7. The Kier molecular flexibility index (Phi) is 4.54. The van der Waals surface area contributed by atoms with Crippen molar-refractivity contribution >= 4 is 34.8 Å². The minimum atomic E-state index is -1.30. The van der Waals surface area contributed by atoms with Crippen molar-refractivity contribution < 1.29 is 19.1 Å². The van der Waals surface area contributed by atoms with Crippen LogP contribution in [-0.2, 0) is 4.79 Å². The summed E-state index contributed by atoms with van der Waals surface area (Å²) in [6, 6.07) is 7.22. The highest BCUT2D eigenvalue weighted by Crippen LogP contribution is 2.30. The zero-order chi connectivity index (χ0) is 18.0. The molecule has 0 spiro atoms. The number of allylic oxidation sites excluding steroid dienone is 4. The summed E-state index contributed by atoms with van der Waals surface area (Å²) in [5.74, 6) is -2.28. The number of aromatic carboxylic acids is 1. The number of carbonyl (C=O) groups excluding carboxylic acids is 1. The molecular weight excluding hydrogens is 347 g/mol. The molecule has 2 aromatic rings. The highest BCUT2D eigenvalue weighted by atomic mass is 35.5. The van der Waals surface area contributed by atoms with Crippen molar-refractivity contribution in [2.45, 2.75) is 0 Å². The Bertz CT molecular complexity index is 945. The lowest BCUT2D eigenvalue weighted by Gasteiger charge is -2.08. The summed E-state index contributed by atoms with van der Waals surface area (Å²) in [5.41, 5.74) is 0.0248. The van der Waals surface area contributed by atoms with Gasteiger partial charge in [-0.15, -0.1) is 0 Å². The molecule has 1 aliphatic carbocycles. The summed E-state index contributed by atoms with van der Waals surface area (Å²) < 4.78 is 14.8. The van der Waals surface area contributed by atoms with Crippen LogP contribution in [0.15, 0.2) is 59.6 Å². The first-order valence-electron chi connectivity index (χ1n) is 7.12. The molecule has 0 atom stereocenters. The molecular formula is C18H10ClFN2O3. The topological polar surface area (TPSA) is 79.6 Å². The van der Waals surface area contributed by atoms with Crippen LogP contribution in [-0.4, -0.2) is 27.6 Å². The summed E-state index contributed by atoms with van der Waals surface area (Å²) in [7, 11) is 0. The second kappa shape index (κ2) is 6.78. The quantitative estimate of drug-likeness (QED) is 0.843. The lowest BCUT2D eigenvalue weighted by atomic mass is 10.1. The van der Waals surface area contributed by atoms with Gasteiger partial charge in [-0.1, -0.05) is 23.7 Å². The van der Waals surface area contributed by atoms with Crippen LogP contribution < -0.4 is 0 Å². The Morgan fingerprint density at radius 2 is 1.76 bits per heavy atom. The number of nitrogens with zero attached hydrogens (tertiary/aromatic N) is 2. The van der Waals surface area contributed by atoms with Crippen LogP contribution in [0.3, 0.4) is 0 Å². The molecule has 0 bridgehead atoms. The van der Waals surface area contributed by atoms with Gasteiger partial charge in [0.1, 0.15) is 11.4 Å². The molecule has 1 aliphatic rings. The maximum Gasteiger partial charge on any atom is 0.354 e. The molecule has 1 heterocycles. The van der Waals surface area contributed by atoms with E-state index in [1.165, 1.54) is 36.4 Å². The Morgan fingerprint density at radius 3 is 2.36 bits per heavy atom. The number of ketones is 1. The number of hydrogen-bond donors (Lipinski definition) is 1. The first-order chi connectivity index (χ1) is 11.9. The summed E-state index contributed by atoms with van der Waals surface area (Å²) in [4.78, 5) is 30.4. The van der Waals surface area contributed by atoms with Crippen molar-refractivity contribution in [3.8, 4) is 11.3 Å². The molecule has 7 heteroatoms. The molecule has 0 saturated heterocycles. The summed E-state index contributed by atoms with van der Waals surface area (Å²) in [5, 5.41) is 9.69. The van der Waals surface area contributed by atoms with Crippen LogP contribution in [0.2, 0.25) is 5.02 Å². The number of pyridine rings is 1. The fraction of sp³-hybridized carbons (Fsp3) is 0. The lowest BCUT2D eigenvalue weighted by molar-refractivity contribution is -0.110. The van der Waals surface area contributed by atoms with Crippen LogP contribution in [0, 0.1) is 5.82 Å². The normalized spacial score (nSPS) is 13.2. The zero-order valence-electron chi connectivity index (χ0n) is 12.6. The fourth-order valence-electron chi connectivity index (χ4n) is 2.17. The third-order valence-corrected chi connectivity index (χ3v) is 3.61. The maximum atomic E-state index is 14.8. The van der Waals surface area contributed by atoms with Crippen LogP contribution in [0.1, 0.15) is 10.5 Å². The molecule has 3 rings (SSSR count). The van der Waals surface area contributed by atoms with E-state index < -0.39 is 11.8 Å². The largest absolute Gasteiger partial charge is 0.477 e. The Labute approximate surface area is 146 Å². The number of rotatable bonds is 3. The Hall–Kier alpha value is -3.12. The Balaban J connectivity index is 2.15. The van der Waals surface area contributed by atoms with E-state index in [0.29, 0.717) is 16.3 Å². The van der Waals surface area contributed by atoms with Crippen LogP contribution >= 0.6 is 11.6 Å². The van der Waals surface area contributed by atoms with Crippen molar-refractivity contribution in [2.24, 2.45) is 4.99 Å². The van der Waals surface area contributed by atoms with Crippen molar-refractivity contribution in [1.29, 1.82) is 0 Å². The van der Waals surface area contributed by atoms with E-state index in [9.17, 15) is 19.1 Å². The van der Waals surface area contributed by atoms with Crippen LogP contribution in [0.4, 0.5) is 10.1 Å². The number of aromatic nitrogens is 1. The van der Waals surface area contributed by atoms with E-state index in [0.717, 1.165) is 6.07 Å². The van der Waals surface area contributed by atoms with Gasteiger partial charge < -0.3 is 5.11 Å². The highest BCUT2D eigenvalue weighted by molar-refractivity contribution is 6.30. The number of carboxylic acid groups (broad SMARTS) is 1. The fourth-order valence-corrected chi connectivity index (χ4v) is 2.29. The standard InChI is InChI=1S/C18H10ClFN2O3/c19-11-3-1-10(2-4-11)17-16(20)14(9-15(22-17)18(24)25)21-12-5-7-13(23)8-6-12/h1-9H,(H,24,25). The number of carboxylic acids is 1. The summed E-state index contributed by atoms with van der Waals surface area (Å²) in [6.07, 6.45) is 5.42. The molecule has 0 amide bonds. The van der Waals surface area contributed by atoms with Gasteiger partial charge in [0, 0.05) is 16.7 Å².